The molecule has 2 amide bonds. The lowest BCUT2D eigenvalue weighted by atomic mass is 10.1. The van der Waals surface area contributed by atoms with Gasteiger partial charge < -0.3 is 11.1 Å². The van der Waals surface area contributed by atoms with Crippen LogP contribution in [0.25, 0.3) is 0 Å². The van der Waals surface area contributed by atoms with E-state index in [0.29, 0.717) is 12.1 Å². The lowest BCUT2D eigenvalue weighted by Crippen LogP contribution is -2.40. The first-order valence-electron chi connectivity index (χ1n) is 8.04. The molecule has 2 aromatic rings. The minimum atomic E-state index is -4.19. The number of rotatable bonds is 5. The largest absolute Gasteiger partial charge is 0.365 e. The molecule has 0 fully saturated rings. The standard InChI is InChI=1S/C18H19F2N3O4S/c1-18(2,3)22-17(25)10-4-6-12(7-5-10)28(26,27)23-11-8-13(19)15(16(21)24)14(20)9-11/h4-9,23H,1-3H3,(H2,21,24)(H,22,25). The summed E-state index contributed by atoms with van der Waals surface area (Å²) in [7, 11) is -4.19. The van der Waals surface area contributed by atoms with Gasteiger partial charge in [0.15, 0.2) is 0 Å². The number of nitrogens with one attached hydrogen (secondary N) is 2. The quantitative estimate of drug-likeness (QED) is 0.700. The molecule has 0 atom stereocenters. The van der Waals surface area contributed by atoms with E-state index in [9.17, 15) is 26.8 Å². The molecule has 0 bridgehead atoms. The fourth-order valence-electron chi connectivity index (χ4n) is 2.28. The molecule has 0 radical (unpaired) electrons. The molecule has 0 heterocycles. The zero-order valence-corrected chi connectivity index (χ0v) is 16.2. The minimum absolute atomic E-state index is 0.223. The van der Waals surface area contributed by atoms with Crippen LogP contribution >= 0.6 is 0 Å². The van der Waals surface area contributed by atoms with Crippen molar-refractivity contribution in [2.24, 2.45) is 5.73 Å². The summed E-state index contributed by atoms with van der Waals surface area (Å²) in [6, 6.07) is 6.28. The second kappa shape index (κ2) is 7.55. The number of primary amides is 1. The molecule has 0 aromatic heterocycles. The van der Waals surface area contributed by atoms with Crippen LogP contribution in [0, 0.1) is 11.6 Å². The van der Waals surface area contributed by atoms with E-state index in [-0.39, 0.29) is 16.4 Å². The van der Waals surface area contributed by atoms with Crippen molar-refractivity contribution in [2.75, 3.05) is 4.72 Å². The molecular weight excluding hydrogens is 392 g/mol. The van der Waals surface area contributed by atoms with Gasteiger partial charge in [-0.2, -0.15) is 0 Å². The van der Waals surface area contributed by atoms with E-state index in [1.807, 2.05) is 4.72 Å². The zero-order chi connectivity index (χ0) is 21.3. The molecule has 0 saturated heterocycles. The summed E-state index contributed by atoms with van der Waals surface area (Å²) in [6.07, 6.45) is 0. The molecule has 150 valence electrons. The Morgan fingerprint density at radius 3 is 1.93 bits per heavy atom. The topological polar surface area (TPSA) is 118 Å². The maximum atomic E-state index is 13.8. The Kier molecular flexibility index (Phi) is 5.74. The third-order valence-electron chi connectivity index (χ3n) is 3.46. The summed E-state index contributed by atoms with van der Waals surface area (Å²) < 4.78 is 54.4. The van der Waals surface area contributed by atoms with Crippen LogP contribution in [0.3, 0.4) is 0 Å². The minimum Gasteiger partial charge on any atom is -0.365 e. The van der Waals surface area contributed by atoms with Crippen LogP contribution in [0.1, 0.15) is 41.5 Å². The summed E-state index contributed by atoms with van der Waals surface area (Å²) in [6.45, 7) is 5.40. The monoisotopic (exact) mass is 411 g/mol. The van der Waals surface area contributed by atoms with E-state index in [1.165, 1.54) is 24.3 Å². The van der Waals surface area contributed by atoms with E-state index in [0.717, 1.165) is 0 Å². The number of sulfonamides is 1. The molecule has 2 rings (SSSR count). The van der Waals surface area contributed by atoms with Crippen molar-refractivity contribution >= 4 is 27.5 Å². The van der Waals surface area contributed by atoms with Gasteiger partial charge in [-0.15, -0.1) is 0 Å². The van der Waals surface area contributed by atoms with E-state index in [1.54, 1.807) is 20.8 Å². The van der Waals surface area contributed by atoms with Crippen molar-refractivity contribution in [3.8, 4) is 0 Å². The molecule has 0 saturated carbocycles. The normalized spacial score (nSPS) is 11.8. The third-order valence-corrected chi connectivity index (χ3v) is 4.85. The smallest absolute Gasteiger partial charge is 0.261 e. The molecule has 0 aliphatic rings. The van der Waals surface area contributed by atoms with E-state index in [2.05, 4.69) is 5.32 Å². The molecule has 0 spiro atoms. The van der Waals surface area contributed by atoms with Crippen LogP contribution in [-0.2, 0) is 10.0 Å². The summed E-state index contributed by atoms with van der Waals surface area (Å²) in [5.74, 6) is -4.28. The number of halogens is 2. The zero-order valence-electron chi connectivity index (χ0n) is 15.3. The van der Waals surface area contributed by atoms with Crippen LogP contribution in [0.4, 0.5) is 14.5 Å². The van der Waals surface area contributed by atoms with Gasteiger partial charge in [0.05, 0.1) is 10.6 Å². The lowest BCUT2D eigenvalue weighted by molar-refractivity contribution is 0.0918. The van der Waals surface area contributed by atoms with E-state index >= 15 is 0 Å². The SMILES string of the molecule is CC(C)(C)NC(=O)c1ccc(S(=O)(=O)Nc2cc(F)c(C(N)=O)c(F)c2)cc1. The number of hydrogen-bond acceptors (Lipinski definition) is 4. The Labute approximate surface area is 161 Å². The average Bonchev–Trinajstić information content (AvgIpc) is 2.51. The lowest BCUT2D eigenvalue weighted by Gasteiger charge is -2.20. The molecule has 0 unspecified atom stereocenters. The number of nitrogens with two attached hydrogens (primary N) is 1. The Bertz CT molecular complexity index is 1010. The number of carbonyl (C=O) groups is 2. The summed E-state index contributed by atoms with van der Waals surface area (Å²) in [5, 5.41) is 2.74. The molecule has 2 aromatic carbocycles. The number of carbonyl (C=O) groups excluding carboxylic acids is 2. The molecule has 7 nitrogen and oxygen atoms in total. The van der Waals surface area contributed by atoms with Crippen molar-refractivity contribution in [1.29, 1.82) is 0 Å². The molecular formula is C18H19F2N3O4S. The van der Waals surface area contributed by atoms with Gasteiger partial charge in [-0.1, -0.05) is 0 Å². The highest BCUT2D eigenvalue weighted by Gasteiger charge is 2.21. The van der Waals surface area contributed by atoms with Crippen molar-refractivity contribution in [1.82, 2.24) is 5.32 Å². The number of anilines is 1. The van der Waals surface area contributed by atoms with Crippen molar-refractivity contribution in [3.63, 3.8) is 0 Å². The van der Waals surface area contributed by atoms with E-state index in [4.69, 9.17) is 5.73 Å². The summed E-state index contributed by atoms with van der Waals surface area (Å²) in [5.41, 5.74) is 3.27. The fourth-order valence-corrected chi connectivity index (χ4v) is 3.32. The van der Waals surface area contributed by atoms with Crippen LogP contribution in [0.5, 0.6) is 0 Å². The molecule has 0 aliphatic carbocycles. The van der Waals surface area contributed by atoms with Gasteiger partial charge in [0.25, 0.3) is 21.8 Å². The van der Waals surface area contributed by atoms with Gasteiger partial charge in [0.2, 0.25) is 0 Å². The van der Waals surface area contributed by atoms with Gasteiger partial charge in [0.1, 0.15) is 17.2 Å². The van der Waals surface area contributed by atoms with Crippen LogP contribution in [0.2, 0.25) is 0 Å². The molecule has 28 heavy (non-hydrogen) atoms. The second-order valence-electron chi connectivity index (χ2n) is 7.01. The highest BCUT2D eigenvalue weighted by molar-refractivity contribution is 7.92. The summed E-state index contributed by atoms with van der Waals surface area (Å²) in [4.78, 5) is 22.9. The maximum absolute atomic E-state index is 13.8. The third kappa shape index (κ3) is 5.03. The molecule has 0 aliphatic heterocycles. The Hall–Kier alpha value is -3.01. The predicted molar refractivity (Wildman–Crippen MR) is 99.3 cm³/mol. The Balaban J connectivity index is 2.26. The van der Waals surface area contributed by atoms with Crippen molar-refractivity contribution in [3.05, 3.63) is 59.2 Å². The van der Waals surface area contributed by atoms with Gasteiger partial charge in [-0.05, 0) is 57.2 Å². The van der Waals surface area contributed by atoms with Crippen molar-refractivity contribution in [2.45, 2.75) is 31.2 Å². The first-order valence-corrected chi connectivity index (χ1v) is 9.53. The van der Waals surface area contributed by atoms with E-state index < -0.39 is 44.4 Å². The highest BCUT2D eigenvalue weighted by atomic mass is 32.2. The maximum Gasteiger partial charge on any atom is 0.261 e. The summed E-state index contributed by atoms with van der Waals surface area (Å²) >= 11 is 0. The number of hydrogen-bond donors (Lipinski definition) is 3. The van der Waals surface area contributed by atoms with Crippen LogP contribution in [0.15, 0.2) is 41.3 Å². The van der Waals surface area contributed by atoms with Crippen molar-refractivity contribution < 1.29 is 26.8 Å². The first kappa shape index (κ1) is 21.3. The van der Waals surface area contributed by atoms with Crippen LogP contribution < -0.4 is 15.8 Å². The molecule has 4 N–H and O–H groups in total. The van der Waals surface area contributed by atoms with Gasteiger partial charge in [-0.25, -0.2) is 17.2 Å². The van der Waals surface area contributed by atoms with Gasteiger partial charge in [-0.3, -0.25) is 14.3 Å². The highest BCUT2D eigenvalue weighted by Crippen LogP contribution is 2.22. The Morgan fingerprint density at radius 2 is 1.50 bits per heavy atom. The predicted octanol–water partition coefficient (Wildman–Crippen LogP) is 2.39. The fraction of sp³-hybridized carbons (Fsp3) is 0.222. The average molecular weight is 411 g/mol. The first-order chi connectivity index (χ1) is 12.8. The van der Waals surface area contributed by atoms with Gasteiger partial charge in [0, 0.05) is 11.1 Å². The molecule has 10 heteroatoms. The number of amides is 2. The second-order valence-corrected chi connectivity index (χ2v) is 8.70. The number of benzene rings is 2. The Morgan fingerprint density at radius 1 is 1.00 bits per heavy atom. The van der Waals surface area contributed by atoms with Gasteiger partial charge >= 0.3 is 0 Å². The van der Waals surface area contributed by atoms with Crippen LogP contribution in [-0.4, -0.2) is 25.8 Å².